The lowest BCUT2D eigenvalue weighted by atomic mass is 10.0. The molecule has 1 heterocycles. The third kappa shape index (κ3) is 5.20. The van der Waals surface area contributed by atoms with Gasteiger partial charge in [-0.1, -0.05) is 42.0 Å². The normalized spacial score (nSPS) is 11.4. The smallest absolute Gasteiger partial charge is 0.226 e. The van der Waals surface area contributed by atoms with Crippen LogP contribution in [-0.2, 0) is 13.0 Å². The zero-order valence-electron chi connectivity index (χ0n) is 16.1. The van der Waals surface area contributed by atoms with Gasteiger partial charge in [-0.15, -0.1) is 0 Å². The zero-order valence-corrected chi connectivity index (χ0v) is 16.1. The van der Waals surface area contributed by atoms with Crippen molar-refractivity contribution in [1.82, 2.24) is 15.6 Å². The number of oxazole rings is 1. The van der Waals surface area contributed by atoms with Crippen molar-refractivity contribution in [3.05, 3.63) is 77.2 Å². The summed E-state index contributed by atoms with van der Waals surface area (Å²) in [5, 5.41) is 6.63. The van der Waals surface area contributed by atoms with Gasteiger partial charge in [0.05, 0.1) is 12.2 Å². The van der Waals surface area contributed by atoms with Crippen LogP contribution in [0.25, 0.3) is 11.5 Å². The Hall–Kier alpha value is -3.08. The number of guanidine groups is 1. The first kappa shape index (κ1) is 18.7. The number of aryl methyl sites for hydroxylation is 2. The van der Waals surface area contributed by atoms with E-state index < -0.39 is 0 Å². The highest BCUT2D eigenvalue weighted by atomic mass is 16.3. The molecule has 0 amide bonds. The Morgan fingerprint density at radius 2 is 1.89 bits per heavy atom. The quantitative estimate of drug-likeness (QED) is 0.516. The van der Waals surface area contributed by atoms with Crippen molar-refractivity contribution in [3.8, 4) is 11.5 Å². The van der Waals surface area contributed by atoms with Crippen LogP contribution in [0.5, 0.6) is 0 Å². The summed E-state index contributed by atoms with van der Waals surface area (Å²) in [6.45, 7) is 5.65. The van der Waals surface area contributed by atoms with E-state index in [0.717, 1.165) is 30.2 Å². The predicted molar refractivity (Wildman–Crippen MR) is 110 cm³/mol. The first-order valence-corrected chi connectivity index (χ1v) is 9.16. The van der Waals surface area contributed by atoms with E-state index in [4.69, 9.17) is 4.42 Å². The summed E-state index contributed by atoms with van der Waals surface area (Å²) in [4.78, 5) is 8.79. The monoisotopic (exact) mass is 362 g/mol. The molecule has 0 aliphatic rings. The summed E-state index contributed by atoms with van der Waals surface area (Å²) in [7, 11) is 1.77. The van der Waals surface area contributed by atoms with E-state index in [-0.39, 0.29) is 0 Å². The summed E-state index contributed by atoms with van der Waals surface area (Å²) in [6, 6.07) is 16.5. The van der Waals surface area contributed by atoms with Crippen LogP contribution in [0, 0.1) is 13.8 Å². The van der Waals surface area contributed by atoms with Gasteiger partial charge in [-0.3, -0.25) is 4.99 Å². The van der Waals surface area contributed by atoms with E-state index >= 15 is 0 Å². The Morgan fingerprint density at radius 3 is 2.63 bits per heavy atom. The Morgan fingerprint density at radius 1 is 1.07 bits per heavy atom. The van der Waals surface area contributed by atoms with Gasteiger partial charge in [-0.25, -0.2) is 4.98 Å². The average Bonchev–Trinajstić information content (AvgIpc) is 3.16. The molecule has 0 saturated carbocycles. The fourth-order valence-corrected chi connectivity index (χ4v) is 2.94. The van der Waals surface area contributed by atoms with Crippen molar-refractivity contribution in [2.75, 3.05) is 13.6 Å². The maximum absolute atomic E-state index is 5.57. The molecule has 27 heavy (non-hydrogen) atoms. The van der Waals surface area contributed by atoms with E-state index in [0.29, 0.717) is 12.4 Å². The summed E-state index contributed by atoms with van der Waals surface area (Å²) in [5.41, 5.74) is 5.79. The van der Waals surface area contributed by atoms with Gasteiger partial charge in [0.25, 0.3) is 0 Å². The molecule has 140 valence electrons. The van der Waals surface area contributed by atoms with Crippen LogP contribution in [0.4, 0.5) is 0 Å². The Kier molecular flexibility index (Phi) is 6.26. The highest BCUT2D eigenvalue weighted by molar-refractivity contribution is 5.79. The summed E-state index contributed by atoms with van der Waals surface area (Å²) in [6.07, 6.45) is 2.63. The molecule has 0 atom stereocenters. The van der Waals surface area contributed by atoms with Gasteiger partial charge in [0.2, 0.25) is 5.89 Å². The van der Waals surface area contributed by atoms with Crippen LogP contribution in [0.1, 0.15) is 22.4 Å². The van der Waals surface area contributed by atoms with Crippen LogP contribution in [0.3, 0.4) is 0 Å². The first-order valence-electron chi connectivity index (χ1n) is 9.16. The molecule has 0 spiro atoms. The molecule has 0 fully saturated rings. The standard InChI is InChI=1S/C22H26N4O/c1-16-9-10-18(17(2)13-16)11-12-24-22(23-3)25-14-20-15-27-21(26-20)19-7-5-4-6-8-19/h4-10,13,15H,11-12,14H2,1-3H3,(H2,23,24,25). The van der Waals surface area contributed by atoms with Gasteiger partial charge in [-0.2, -0.15) is 0 Å². The Labute approximate surface area is 160 Å². The van der Waals surface area contributed by atoms with E-state index in [1.165, 1.54) is 16.7 Å². The van der Waals surface area contributed by atoms with Crippen molar-refractivity contribution in [1.29, 1.82) is 0 Å². The minimum Gasteiger partial charge on any atom is -0.444 e. The summed E-state index contributed by atoms with van der Waals surface area (Å²) < 4.78 is 5.57. The Bertz CT molecular complexity index is 900. The molecule has 0 saturated heterocycles. The van der Waals surface area contributed by atoms with Crippen LogP contribution in [0.2, 0.25) is 0 Å². The third-order valence-electron chi connectivity index (χ3n) is 4.42. The molecule has 0 aliphatic heterocycles. The van der Waals surface area contributed by atoms with Crippen LogP contribution < -0.4 is 10.6 Å². The van der Waals surface area contributed by atoms with Gasteiger partial charge in [-0.05, 0) is 43.5 Å². The number of rotatable bonds is 6. The predicted octanol–water partition coefficient (Wildman–Crippen LogP) is 3.87. The van der Waals surface area contributed by atoms with E-state index in [2.05, 4.69) is 52.7 Å². The molecular formula is C22H26N4O. The molecule has 2 aromatic carbocycles. The maximum Gasteiger partial charge on any atom is 0.226 e. The first-order chi connectivity index (χ1) is 13.2. The fraction of sp³-hybridized carbons (Fsp3) is 0.273. The lowest BCUT2D eigenvalue weighted by Gasteiger charge is -2.12. The summed E-state index contributed by atoms with van der Waals surface area (Å²) >= 11 is 0. The lowest BCUT2D eigenvalue weighted by molar-refractivity contribution is 0.572. The van der Waals surface area contributed by atoms with Crippen molar-refractivity contribution in [2.45, 2.75) is 26.8 Å². The van der Waals surface area contributed by atoms with E-state index in [1.54, 1.807) is 13.3 Å². The molecule has 2 N–H and O–H groups in total. The zero-order chi connectivity index (χ0) is 19.1. The second-order valence-corrected chi connectivity index (χ2v) is 6.54. The van der Waals surface area contributed by atoms with E-state index in [9.17, 15) is 0 Å². The third-order valence-corrected chi connectivity index (χ3v) is 4.42. The maximum atomic E-state index is 5.57. The Balaban J connectivity index is 1.49. The fourth-order valence-electron chi connectivity index (χ4n) is 2.94. The van der Waals surface area contributed by atoms with Gasteiger partial charge < -0.3 is 15.1 Å². The van der Waals surface area contributed by atoms with Gasteiger partial charge in [0.15, 0.2) is 5.96 Å². The van der Waals surface area contributed by atoms with Crippen molar-refractivity contribution >= 4 is 5.96 Å². The largest absolute Gasteiger partial charge is 0.444 e. The number of aromatic nitrogens is 1. The molecule has 0 bridgehead atoms. The number of hydrogen-bond acceptors (Lipinski definition) is 3. The molecule has 3 rings (SSSR count). The molecule has 0 radical (unpaired) electrons. The number of hydrogen-bond donors (Lipinski definition) is 2. The minimum absolute atomic E-state index is 0.555. The second kappa shape index (κ2) is 9.03. The number of nitrogens with zero attached hydrogens (tertiary/aromatic N) is 2. The number of benzene rings is 2. The summed E-state index contributed by atoms with van der Waals surface area (Å²) in [5.74, 6) is 1.38. The van der Waals surface area contributed by atoms with Gasteiger partial charge in [0, 0.05) is 19.2 Å². The molecule has 5 heteroatoms. The number of nitrogens with one attached hydrogen (secondary N) is 2. The second-order valence-electron chi connectivity index (χ2n) is 6.54. The molecule has 1 aromatic heterocycles. The van der Waals surface area contributed by atoms with E-state index in [1.807, 2.05) is 30.3 Å². The topological polar surface area (TPSA) is 62.5 Å². The van der Waals surface area contributed by atoms with Crippen molar-refractivity contribution in [2.24, 2.45) is 4.99 Å². The molecule has 0 aliphatic carbocycles. The van der Waals surface area contributed by atoms with Gasteiger partial charge >= 0.3 is 0 Å². The molecule has 0 unspecified atom stereocenters. The lowest BCUT2D eigenvalue weighted by Crippen LogP contribution is -2.38. The number of aliphatic imine (C=N–C) groups is 1. The van der Waals surface area contributed by atoms with Crippen molar-refractivity contribution < 1.29 is 4.42 Å². The molecular weight excluding hydrogens is 336 g/mol. The minimum atomic E-state index is 0.555. The van der Waals surface area contributed by atoms with Crippen LogP contribution in [-0.4, -0.2) is 24.5 Å². The van der Waals surface area contributed by atoms with Gasteiger partial charge in [0.1, 0.15) is 6.26 Å². The molecule has 5 nitrogen and oxygen atoms in total. The molecule has 3 aromatic rings. The van der Waals surface area contributed by atoms with Crippen LogP contribution >= 0.6 is 0 Å². The SMILES string of the molecule is CN=C(NCCc1ccc(C)cc1C)NCc1coc(-c2ccccc2)n1. The van der Waals surface area contributed by atoms with Crippen molar-refractivity contribution in [3.63, 3.8) is 0 Å². The highest BCUT2D eigenvalue weighted by Gasteiger charge is 2.07. The average molecular weight is 362 g/mol. The highest BCUT2D eigenvalue weighted by Crippen LogP contribution is 2.17. The van der Waals surface area contributed by atoms with Crippen LogP contribution in [0.15, 0.2) is 64.2 Å².